The maximum atomic E-state index is 11.6. The minimum Gasteiger partial charge on any atom is -0.469 e. The zero-order chi connectivity index (χ0) is 11.5. The number of amides is 1. The normalized spacial score (nSPS) is 20.2. The maximum Gasteiger partial charge on any atom is 0.310 e. The van der Waals surface area contributed by atoms with E-state index in [0.717, 1.165) is 0 Å². The van der Waals surface area contributed by atoms with Crippen LogP contribution in [-0.2, 0) is 20.9 Å². The van der Waals surface area contributed by atoms with E-state index in [-0.39, 0.29) is 24.2 Å². The molecule has 0 aliphatic carbocycles. The quantitative estimate of drug-likeness (QED) is 0.685. The summed E-state index contributed by atoms with van der Waals surface area (Å²) >= 11 is 0. The molecule has 2 heterocycles. The van der Waals surface area contributed by atoms with Gasteiger partial charge in [0.25, 0.3) is 0 Å². The molecular weight excluding hydrogens is 212 g/mol. The van der Waals surface area contributed by atoms with Crippen LogP contribution >= 0.6 is 0 Å². The van der Waals surface area contributed by atoms with Crippen molar-refractivity contribution in [2.75, 3.05) is 13.7 Å². The van der Waals surface area contributed by atoms with E-state index in [2.05, 4.69) is 9.72 Å². The molecule has 6 nitrogen and oxygen atoms in total. The summed E-state index contributed by atoms with van der Waals surface area (Å²) in [5.41, 5.74) is 0. The topological polar surface area (TPSA) is 72.6 Å². The molecule has 1 aromatic heterocycles. The molecule has 1 atom stereocenters. The number of oxazole rings is 1. The molecule has 1 aliphatic rings. The van der Waals surface area contributed by atoms with Crippen LogP contribution in [0.15, 0.2) is 17.0 Å². The van der Waals surface area contributed by atoms with Crippen LogP contribution in [0.3, 0.4) is 0 Å². The highest BCUT2D eigenvalue weighted by Gasteiger charge is 2.35. The molecule has 0 saturated carbocycles. The zero-order valence-corrected chi connectivity index (χ0v) is 8.88. The molecule has 2 rings (SSSR count). The highest BCUT2D eigenvalue weighted by atomic mass is 16.5. The molecule has 1 fully saturated rings. The Bertz CT molecular complexity index is 388. The number of hydrogen-bond donors (Lipinski definition) is 0. The summed E-state index contributed by atoms with van der Waals surface area (Å²) in [5, 5.41) is 0. The number of rotatable bonds is 3. The standard InChI is InChI=1S/C10H12N2O4/c1-15-10(14)7-2-9(13)12(4-7)5-8-3-11-6-16-8/h3,6-7H,2,4-5H2,1H3. The first kappa shape index (κ1) is 10.7. The molecule has 86 valence electrons. The summed E-state index contributed by atoms with van der Waals surface area (Å²) in [6, 6.07) is 0. The van der Waals surface area contributed by atoms with Gasteiger partial charge in [-0.25, -0.2) is 4.98 Å². The summed E-state index contributed by atoms with van der Waals surface area (Å²) in [6.45, 7) is 0.735. The fourth-order valence-electron chi connectivity index (χ4n) is 1.76. The van der Waals surface area contributed by atoms with Gasteiger partial charge in [-0.3, -0.25) is 9.59 Å². The Morgan fingerprint density at radius 2 is 2.56 bits per heavy atom. The lowest BCUT2D eigenvalue weighted by Crippen LogP contribution is -2.25. The number of carbonyl (C=O) groups is 2. The number of ether oxygens (including phenoxy) is 1. The molecule has 0 radical (unpaired) electrons. The summed E-state index contributed by atoms with van der Waals surface area (Å²) in [5.74, 6) is -0.153. The molecule has 1 amide bonds. The molecule has 1 aromatic rings. The van der Waals surface area contributed by atoms with E-state index in [1.54, 1.807) is 11.1 Å². The number of esters is 1. The summed E-state index contributed by atoms with van der Waals surface area (Å²) in [7, 11) is 1.33. The van der Waals surface area contributed by atoms with E-state index in [1.165, 1.54) is 13.5 Å². The highest BCUT2D eigenvalue weighted by Crippen LogP contribution is 2.20. The summed E-state index contributed by atoms with van der Waals surface area (Å²) in [6.07, 6.45) is 3.08. The number of nitrogens with zero attached hydrogens (tertiary/aromatic N) is 2. The number of carbonyl (C=O) groups excluding carboxylic acids is 2. The summed E-state index contributed by atoms with van der Waals surface area (Å²) in [4.78, 5) is 28.2. The second kappa shape index (κ2) is 4.34. The van der Waals surface area contributed by atoms with E-state index in [9.17, 15) is 9.59 Å². The van der Waals surface area contributed by atoms with Crippen LogP contribution < -0.4 is 0 Å². The molecule has 0 bridgehead atoms. The molecule has 1 aliphatic heterocycles. The van der Waals surface area contributed by atoms with Gasteiger partial charge in [0.1, 0.15) is 5.76 Å². The number of aromatic nitrogens is 1. The van der Waals surface area contributed by atoms with Crippen molar-refractivity contribution in [2.24, 2.45) is 5.92 Å². The van der Waals surface area contributed by atoms with Crippen molar-refractivity contribution in [1.82, 2.24) is 9.88 Å². The smallest absolute Gasteiger partial charge is 0.310 e. The Kier molecular flexibility index (Phi) is 2.89. The van der Waals surface area contributed by atoms with Gasteiger partial charge in [-0.05, 0) is 0 Å². The second-order valence-electron chi connectivity index (χ2n) is 3.67. The van der Waals surface area contributed by atoms with E-state index >= 15 is 0 Å². The first-order chi connectivity index (χ1) is 7.70. The van der Waals surface area contributed by atoms with E-state index in [0.29, 0.717) is 18.8 Å². The minimum atomic E-state index is -0.361. The van der Waals surface area contributed by atoms with E-state index in [4.69, 9.17) is 4.42 Å². The molecule has 0 N–H and O–H groups in total. The van der Waals surface area contributed by atoms with Crippen molar-refractivity contribution in [2.45, 2.75) is 13.0 Å². The van der Waals surface area contributed by atoms with Gasteiger partial charge in [0.05, 0.1) is 25.8 Å². The predicted octanol–water partition coefficient (Wildman–Crippen LogP) is 0.196. The van der Waals surface area contributed by atoms with Crippen molar-refractivity contribution in [1.29, 1.82) is 0 Å². The Morgan fingerprint density at radius 1 is 1.75 bits per heavy atom. The Labute approximate surface area is 92.2 Å². The number of likely N-dealkylation sites (tertiary alicyclic amines) is 1. The van der Waals surface area contributed by atoms with Gasteiger partial charge in [-0.1, -0.05) is 0 Å². The Hall–Kier alpha value is -1.85. The van der Waals surface area contributed by atoms with Crippen LogP contribution in [0.25, 0.3) is 0 Å². The second-order valence-corrected chi connectivity index (χ2v) is 3.67. The lowest BCUT2D eigenvalue weighted by molar-refractivity contribution is -0.145. The highest BCUT2D eigenvalue weighted by molar-refractivity contribution is 5.86. The lowest BCUT2D eigenvalue weighted by Gasteiger charge is -2.13. The van der Waals surface area contributed by atoms with Gasteiger partial charge in [-0.15, -0.1) is 0 Å². The molecular formula is C10H12N2O4. The van der Waals surface area contributed by atoms with Crippen LogP contribution in [0.5, 0.6) is 0 Å². The molecule has 0 spiro atoms. The maximum absolute atomic E-state index is 11.6. The van der Waals surface area contributed by atoms with Crippen molar-refractivity contribution in [3.05, 3.63) is 18.4 Å². The largest absolute Gasteiger partial charge is 0.469 e. The predicted molar refractivity (Wildman–Crippen MR) is 52.0 cm³/mol. The SMILES string of the molecule is COC(=O)C1CC(=O)N(Cc2cnco2)C1. The van der Waals surface area contributed by atoms with Gasteiger partial charge in [0.15, 0.2) is 6.39 Å². The molecule has 0 aromatic carbocycles. The fraction of sp³-hybridized carbons (Fsp3) is 0.500. The number of hydrogen-bond acceptors (Lipinski definition) is 5. The molecule has 16 heavy (non-hydrogen) atoms. The van der Waals surface area contributed by atoms with Crippen LogP contribution in [0.4, 0.5) is 0 Å². The van der Waals surface area contributed by atoms with Crippen molar-refractivity contribution < 1.29 is 18.7 Å². The molecule has 1 saturated heterocycles. The first-order valence-electron chi connectivity index (χ1n) is 4.93. The number of methoxy groups -OCH3 is 1. The third-order valence-corrected chi connectivity index (χ3v) is 2.58. The lowest BCUT2D eigenvalue weighted by atomic mass is 10.1. The van der Waals surface area contributed by atoms with Gasteiger partial charge in [0, 0.05) is 13.0 Å². The summed E-state index contributed by atoms with van der Waals surface area (Å²) < 4.78 is 9.66. The van der Waals surface area contributed by atoms with Crippen molar-refractivity contribution >= 4 is 11.9 Å². The average molecular weight is 224 g/mol. The van der Waals surface area contributed by atoms with Crippen molar-refractivity contribution in [3.63, 3.8) is 0 Å². The molecule has 1 unspecified atom stereocenters. The zero-order valence-electron chi connectivity index (χ0n) is 8.88. The van der Waals surface area contributed by atoms with Crippen LogP contribution in [0, 0.1) is 5.92 Å². The molecule has 6 heteroatoms. The Balaban J connectivity index is 1.97. The first-order valence-corrected chi connectivity index (χ1v) is 4.93. The van der Waals surface area contributed by atoms with Crippen LogP contribution in [-0.4, -0.2) is 35.4 Å². The van der Waals surface area contributed by atoms with E-state index in [1.807, 2.05) is 0 Å². The van der Waals surface area contributed by atoms with Gasteiger partial charge in [-0.2, -0.15) is 0 Å². The van der Waals surface area contributed by atoms with Crippen LogP contribution in [0.1, 0.15) is 12.2 Å². The van der Waals surface area contributed by atoms with E-state index < -0.39 is 0 Å². The van der Waals surface area contributed by atoms with Crippen LogP contribution in [0.2, 0.25) is 0 Å². The minimum absolute atomic E-state index is 0.0631. The third kappa shape index (κ3) is 2.05. The fourth-order valence-corrected chi connectivity index (χ4v) is 1.76. The van der Waals surface area contributed by atoms with Gasteiger partial charge in [0.2, 0.25) is 5.91 Å². The monoisotopic (exact) mass is 224 g/mol. The van der Waals surface area contributed by atoms with Gasteiger partial charge < -0.3 is 14.1 Å². The average Bonchev–Trinajstić information content (AvgIpc) is 2.89. The van der Waals surface area contributed by atoms with Gasteiger partial charge >= 0.3 is 5.97 Å². The van der Waals surface area contributed by atoms with Crippen molar-refractivity contribution in [3.8, 4) is 0 Å². The third-order valence-electron chi connectivity index (χ3n) is 2.58. The Morgan fingerprint density at radius 3 is 3.19 bits per heavy atom.